The standard InChI is InChI=1S/C28H34O3Si/c1-5-32(6-2,7-3)28-20-25(21-30-28)27(31-22(4)29)19-10-8-9-14-23-16-13-17-24-15-11-12-18-26(23)24/h11-13,15-18,20-21,27H,5-8,10,19H2,1-4H3. The van der Waals surface area contributed by atoms with Gasteiger partial charge in [0, 0.05) is 24.5 Å². The van der Waals surface area contributed by atoms with Gasteiger partial charge in [-0.3, -0.25) is 4.79 Å². The predicted octanol–water partition coefficient (Wildman–Crippen LogP) is 6.97. The quantitative estimate of drug-likeness (QED) is 0.154. The van der Waals surface area contributed by atoms with E-state index in [0.29, 0.717) is 0 Å². The number of hydrogen-bond donors (Lipinski definition) is 0. The zero-order valence-electron chi connectivity index (χ0n) is 19.7. The van der Waals surface area contributed by atoms with E-state index < -0.39 is 8.07 Å². The first-order chi connectivity index (χ1) is 15.5. The number of carbonyl (C=O) groups excluding carboxylic acids is 1. The summed E-state index contributed by atoms with van der Waals surface area (Å²) in [7, 11) is -1.59. The molecule has 1 aromatic heterocycles. The lowest BCUT2D eigenvalue weighted by atomic mass is 10.0. The van der Waals surface area contributed by atoms with Gasteiger partial charge in [0.2, 0.25) is 0 Å². The van der Waals surface area contributed by atoms with E-state index >= 15 is 0 Å². The Bertz CT molecular complexity index is 1080. The van der Waals surface area contributed by atoms with Crippen molar-refractivity contribution in [1.82, 2.24) is 0 Å². The van der Waals surface area contributed by atoms with Gasteiger partial charge in [-0.2, -0.15) is 0 Å². The molecule has 32 heavy (non-hydrogen) atoms. The highest BCUT2D eigenvalue weighted by molar-refractivity contribution is 6.90. The van der Waals surface area contributed by atoms with Gasteiger partial charge in [-0.1, -0.05) is 87.1 Å². The Hall–Kier alpha value is -2.77. The molecular formula is C28H34O3Si. The summed E-state index contributed by atoms with van der Waals surface area (Å²) in [6.07, 6.45) is 3.87. The van der Waals surface area contributed by atoms with E-state index in [4.69, 9.17) is 9.15 Å². The van der Waals surface area contributed by atoms with Crippen LogP contribution in [0.3, 0.4) is 0 Å². The second-order valence-electron chi connectivity index (χ2n) is 8.40. The summed E-state index contributed by atoms with van der Waals surface area (Å²) in [6.45, 7) is 8.26. The molecule has 0 radical (unpaired) electrons. The molecule has 3 nitrogen and oxygen atoms in total. The summed E-state index contributed by atoms with van der Waals surface area (Å²) in [4.78, 5) is 11.7. The van der Waals surface area contributed by atoms with Gasteiger partial charge in [0.15, 0.2) is 0 Å². The minimum atomic E-state index is -1.59. The average molecular weight is 447 g/mol. The Morgan fingerprint density at radius 3 is 2.50 bits per heavy atom. The fraction of sp³-hybridized carbons (Fsp3) is 0.393. The van der Waals surface area contributed by atoms with E-state index in [2.05, 4.69) is 62.9 Å². The highest BCUT2D eigenvalue weighted by Crippen LogP contribution is 2.27. The molecule has 0 spiro atoms. The number of rotatable bonds is 9. The SMILES string of the molecule is CC[Si](CC)(CC)c1cc(C(CCCC#Cc2cccc3ccccc23)OC(C)=O)co1. The van der Waals surface area contributed by atoms with Gasteiger partial charge >= 0.3 is 5.97 Å². The van der Waals surface area contributed by atoms with Crippen LogP contribution in [0.15, 0.2) is 59.2 Å². The lowest BCUT2D eigenvalue weighted by Gasteiger charge is -2.24. The average Bonchev–Trinajstić information content (AvgIpc) is 3.30. The fourth-order valence-corrected chi connectivity index (χ4v) is 7.76. The van der Waals surface area contributed by atoms with Crippen molar-refractivity contribution in [2.75, 3.05) is 0 Å². The van der Waals surface area contributed by atoms with Crippen molar-refractivity contribution in [3.63, 3.8) is 0 Å². The Morgan fingerprint density at radius 2 is 1.78 bits per heavy atom. The van der Waals surface area contributed by atoms with Crippen LogP contribution < -0.4 is 5.38 Å². The molecule has 4 heteroatoms. The number of ether oxygens (including phenoxy) is 1. The summed E-state index contributed by atoms with van der Waals surface area (Å²) in [5.41, 5.74) is 2.03. The summed E-state index contributed by atoms with van der Waals surface area (Å²) < 4.78 is 11.7. The maximum Gasteiger partial charge on any atom is 0.303 e. The van der Waals surface area contributed by atoms with Crippen molar-refractivity contribution in [3.05, 3.63) is 65.9 Å². The van der Waals surface area contributed by atoms with Crippen LogP contribution in [0.5, 0.6) is 0 Å². The van der Waals surface area contributed by atoms with Gasteiger partial charge in [0.05, 0.1) is 11.6 Å². The molecular weight excluding hydrogens is 412 g/mol. The van der Waals surface area contributed by atoms with E-state index in [1.807, 2.05) is 18.2 Å². The number of unbranched alkanes of at least 4 members (excludes halogenated alkanes) is 1. The minimum absolute atomic E-state index is 0.260. The predicted molar refractivity (Wildman–Crippen MR) is 135 cm³/mol. The Kier molecular flexibility index (Phi) is 8.36. The molecule has 0 bridgehead atoms. The number of furan rings is 1. The van der Waals surface area contributed by atoms with Crippen LogP contribution in [0.4, 0.5) is 0 Å². The van der Waals surface area contributed by atoms with Crippen molar-refractivity contribution in [2.45, 2.75) is 71.2 Å². The number of esters is 1. The van der Waals surface area contributed by atoms with Crippen molar-refractivity contribution < 1.29 is 13.9 Å². The van der Waals surface area contributed by atoms with Crippen molar-refractivity contribution in [3.8, 4) is 11.8 Å². The molecule has 168 valence electrons. The normalized spacial score (nSPS) is 12.2. The van der Waals surface area contributed by atoms with Crippen molar-refractivity contribution in [2.24, 2.45) is 0 Å². The van der Waals surface area contributed by atoms with Crippen LogP contribution in [0.25, 0.3) is 10.8 Å². The van der Waals surface area contributed by atoms with Crippen LogP contribution in [-0.2, 0) is 9.53 Å². The molecule has 0 N–H and O–H groups in total. The van der Waals surface area contributed by atoms with Crippen molar-refractivity contribution >= 4 is 30.2 Å². The van der Waals surface area contributed by atoms with Gasteiger partial charge in [0.1, 0.15) is 14.2 Å². The van der Waals surface area contributed by atoms with Crippen LogP contribution in [0.2, 0.25) is 18.1 Å². The number of hydrogen-bond acceptors (Lipinski definition) is 3. The van der Waals surface area contributed by atoms with Gasteiger partial charge in [-0.15, -0.1) is 0 Å². The maximum atomic E-state index is 11.7. The Labute approximate surface area is 193 Å². The molecule has 0 saturated heterocycles. The summed E-state index contributed by atoms with van der Waals surface area (Å²) in [5, 5.41) is 3.52. The molecule has 0 aliphatic carbocycles. The first-order valence-corrected chi connectivity index (χ1v) is 14.4. The third kappa shape index (κ3) is 5.52. The molecule has 0 aliphatic rings. The highest BCUT2D eigenvalue weighted by Gasteiger charge is 2.33. The second kappa shape index (κ2) is 11.2. The first-order valence-electron chi connectivity index (χ1n) is 11.8. The lowest BCUT2D eigenvalue weighted by Crippen LogP contribution is -2.44. The molecule has 3 rings (SSSR count). The third-order valence-electron chi connectivity index (χ3n) is 6.63. The van der Waals surface area contributed by atoms with Gasteiger partial charge in [0.25, 0.3) is 0 Å². The van der Waals surface area contributed by atoms with Crippen molar-refractivity contribution in [1.29, 1.82) is 0 Å². The van der Waals surface area contributed by atoms with Crippen LogP contribution >= 0.6 is 0 Å². The molecule has 1 unspecified atom stereocenters. The van der Waals surface area contributed by atoms with E-state index in [0.717, 1.165) is 53.9 Å². The van der Waals surface area contributed by atoms with Gasteiger partial charge < -0.3 is 9.15 Å². The van der Waals surface area contributed by atoms with Crippen LogP contribution in [0, 0.1) is 11.8 Å². The molecule has 0 aliphatic heterocycles. The van der Waals surface area contributed by atoms with Crippen LogP contribution in [0.1, 0.15) is 64.2 Å². The maximum absolute atomic E-state index is 11.7. The summed E-state index contributed by atoms with van der Waals surface area (Å²) in [5.74, 6) is 6.36. The first kappa shape index (κ1) is 23.9. The molecule has 3 aromatic rings. The monoisotopic (exact) mass is 446 g/mol. The number of carbonyl (C=O) groups is 1. The largest absolute Gasteiger partial charge is 0.474 e. The van der Waals surface area contributed by atoms with Gasteiger partial charge in [-0.25, -0.2) is 0 Å². The fourth-order valence-electron chi connectivity index (χ4n) is 4.43. The Balaban J connectivity index is 1.68. The lowest BCUT2D eigenvalue weighted by molar-refractivity contribution is -0.147. The molecule has 0 saturated carbocycles. The minimum Gasteiger partial charge on any atom is -0.474 e. The molecule has 1 atom stereocenters. The molecule has 2 aromatic carbocycles. The second-order valence-corrected chi connectivity index (χ2v) is 13.6. The Morgan fingerprint density at radius 1 is 1.06 bits per heavy atom. The van der Waals surface area contributed by atoms with E-state index in [1.165, 1.54) is 17.7 Å². The number of benzene rings is 2. The highest BCUT2D eigenvalue weighted by atomic mass is 28.3. The summed E-state index contributed by atoms with van der Waals surface area (Å²) in [6, 6.07) is 20.2. The zero-order valence-corrected chi connectivity index (χ0v) is 20.7. The summed E-state index contributed by atoms with van der Waals surface area (Å²) >= 11 is 0. The molecule has 0 fully saturated rings. The van der Waals surface area contributed by atoms with E-state index in [-0.39, 0.29) is 12.1 Å². The van der Waals surface area contributed by atoms with E-state index in [9.17, 15) is 4.79 Å². The smallest absolute Gasteiger partial charge is 0.303 e. The number of fused-ring (bicyclic) bond motifs is 1. The third-order valence-corrected chi connectivity index (χ3v) is 12.0. The topological polar surface area (TPSA) is 39.4 Å². The molecule has 1 heterocycles. The van der Waals surface area contributed by atoms with E-state index in [1.54, 1.807) is 6.26 Å². The van der Waals surface area contributed by atoms with Crippen LogP contribution in [-0.4, -0.2) is 14.0 Å². The molecule has 0 amide bonds. The zero-order chi connectivity index (χ0) is 23.0. The van der Waals surface area contributed by atoms with Gasteiger partial charge in [-0.05, 0) is 35.7 Å².